The van der Waals surface area contributed by atoms with Crippen LogP contribution in [0.4, 0.5) is 0 Å². The lowest BCUT2D eigenvalue weighted by Crippen LogP contribution is -2.65. The molecule has 2 N–H and O–H groups in total. The van der Waals surface area contributed by atoms with Gasteiger partial charge in [-0.3, -0.25) is 9.80 Å². The quantitative estimate of drug-likeness (QED) is 0.850. The maximum atomic E-state index is 6.32. The van der Waals surface area contributed by atoms with E-state index in [0.717, 1.165) is 12.5 Å². The lowest BCUT2D eigenvalue weighted by molar-refractivity contribution is -0.0485. The van der Waals surface area contributed by atoms with Crippen molar-refractivity contribution in [1.82, 2.24) is 9.80 Å². The summed E-state index contributed by atoms with van der Waals surface area (Å²) in [6.07, 6.45) is 3.88. The molecule has 124 valence electrons. The molecule has 2 aliphatic rings. The van der Waals surface area contributed by atoms with Crippen LogP contribution >= 0.6 is 0 Å². The normalized spacial score (nSPS) is 35.9. The first-order valence-electron chi connectivity index (χ1n) is 8.78. The first kappa shape index (κ1) is 17.2. The predicted octanol–water partition coefficient (Wildman–Crippen LogP) is 2.95. The fraction of sp³-hybridized carbons (Fsp3) is 1.00. The molecule has 0 aromatic rings. The van der Waals surface area contributed by atoms with Crippen molar-refractivity contribution in [3.63, 3.8) is 0 Å². The highest BCUT2D eigenvalue weighted by molar-refractivity contribution is 5.02. The molecule has 2 atom stereocenters. The molecule has 0 aromatic carbocycles. The van der Waals surface area contributed by atoms with Crippen molar-refractivity contribution in [3.8, 4) is 0 Å². The van der Waals surface area contributed by atoms with Gasteiger partial charge in [0.15, 0.2) is 0 Å². The number of nitrogens with two attached hydrogens (primary N) is 1. The number of nitrogens with zero attached hydrogens (tertiary/aromatic N) is 2. The predicted molar refractivity (Wildman–Crippen MR) is 91.5 cm³/mol. The van der Waals surface area contributed by atoms with Crippen LogP contribution in [0.5, 0.6) is 0 Å². The molecule has 1 heterocycles. The number of rotatable bonds is 2. The maximum absolute atomic E-state index is 6.32. The topological polar surface area (TPSA) is 32.5 Å². The Kier molecular flexibility index (Phi) is 4.78. The van der Waals surface area contributed by atoms with Crippen molar-refractivity contribution >= 4 is 0 Å². The molecule has 0 bridgehead atoms. The summed E-state index contributed by atoms with van der Waals surface area (Å²) in [6, 6.07) is 0. The minimum Gasteiger partial charge on any atom is -0.329 e. The van der Waals surface area contributed by atoms with Gasteiger partial charge < -0.3 is 5.73 Å². The Morgan fingerprint density at radius 2 is 1.62 bits per heavy atom. The Bertz CT molecular complexity index is 350. The van der Waals surface area contributed by atoms with Crippen LogP contribution in [-0.2, 0) is 0 Å². The molecule has 1 saturated carbocycles. The first-order valence-corrected chi connectivity index (χ1v) is 8.78. The van der Waals surface area contributed by atoms with Crippen molar-refractivity contribution < 1.29 is 0 Å². The number of piperazine rings is 1. The molecule has 0 spiro atoms. The summed E-state index contributed by atoms with van der Waals surface area (Å²) in [5.41, 5.74) is 7.28. The van der Waals surface area contributed by atoms with Crippen LogP contribution in [-0.4, -0.2) is 53.6 Å². The van der Waals surface area contributed by atoms with Gasteiger partial charge in [-0.1, -0.05) is 20.8 Å². The van der Waals surface area contributed by atoms with Crippen LogP contribution in [0.2, 0.25) is 0 Å². The highest BCUT2D eigenvalue weighted by Crippen LogP contribution is 2.46. The molecule has 2 fully saturated rings. The first-order chi connectivity index (χ1) is 9.58. The Hall–Kier alpha value is -0.120. The van der Waals surface area contributed by atoms with E-state index < -0.39 is 0 Å². The summed E-state index contributed by atoms with van der Waals surface area (Å²) in [5.74, 6) is 0.790. The Labute approximate surface area is 132 Å². The smallest absolute Gasteiger partial charge is 0.0340 e. The van der Waals surface area contributed by atoms with E-state index in [-0.39, 0.29) is 5.54 Å². The van der Waals surface area contributed by atoms with Crippen LogP contribution in [0.3, 0.4) is 0 Å². The lowest BCUT2D eigenvalue weighted by atomic mass is 9.63. The highest BCUT2D eigenvalue weighted by atomic mass is 15.3. The van der Waals surface area contributed by atoms with E-state index >= 15 is 0 Å². The largest absolute Gasteiger partial charge is 0.329 e. The van der Waals surface area contributed by atoms with E-state index in [2.05, 4.69) is 51.3 Å². The van der Waals surface area contributed by atoms with Gasteiger partial charge in [0.25, 0.3) is 0 Å². The second kappa shape index (κ2) is 5.82. The van der Waals surface area contributed by atoms with Crippen molar-refractivity contribution in [3.05, 3.63) is 0 Å². The van der Waals surface area contributed by atoms with Gasteiger partial charge in [-0.25, -0.2) is 0 Å². The molecule has 3 heteroatoms. The minimum atomic E-state index is 0.241. The lowest BCUT2D eigenvalue weighted by Gasteiger charge is -2.55. The van der Waals surface area contributed by atoms with Gasteiger partial charge in [0.2, 0.25) is 0 Å². The third-order valence-corrected chi connectivity index (χ3v) is 5.72. The van der Waals surface area contributed by atoms with E-state index in [1.165, 1.54) is 45.4 Å². The van der Waals surface area contributed by atoms with Crippen molar-refractivity contribution in [2.24, 2.45) is 17.1 Å². The second-order valence-electron chi connectivity index (χ2n) is 9.43. The zero-order valence-corrected chi connectivity index (χ0v) is 15.2. The van der Waals surface area contributed by atoms with E-state index in [9.17, 15) is 0 Å². The van der Waals surface area contributed by atoms with Crippen molar-refractivity contribution in [2.45, 2.75) is 71.9 Å². The van der Waals surface area contributed by atoms with Crippen LogP contribution in [0, 0.1) is 11.3 Å². The van der Waals surface area contributed by atoms with Gasteiger partial charge in [-0.05, 0) is 51.4 Å². The monoisotopic (exact) mass is 295 g/mol. The summed E-state index contributed by atoms with van der Waals surface area (Å²) in [6.45, 7) is 19.8. The van der Waals surface area contributed by atoms with Gasteiger partial charge >= 0.3 is 0 Å². The molecule has 0 aromatic heterocycles. The van der Waals surface area contributed by atoms with E-state index in [4.69, 9.17) is 5.73 Å². The van der Waals surface area contributed by atoms with E-state index in [0.29, 0.717) is 11.0 Å². The summed E-state index contributed by atoms with van der Waals surface area (Å²) >= 11 is 0. The van der Waals surface area contributed by atoms with Gasteiger partial charge in [0, 0.05) is 43.8 Å². The molecule has 21 heavy (non-hydrogen) atoms. The molecule has 1 aliphatic carbocycles. The Morgan fingerprint density at radius 3 is 2.05 bits per heavy atom. The van der Waals surface area contributed by atoms with Crippen LogP contribution < -0.4 is 5.73 Å². The summed E-state index contributed by atoms with van der Waals surface area (Å²) in [7, 11) is 0. The van der Waals surface area contributed by atoms with Gasteiger partial charge in [-0.15, -0.1) is 0 Å². The van der Waals surface area contributed by atoms with Crippen molar-refractivity contribution in [2.75, 3.05) is 32.7 Å². The highest BCUT2D eigenvalue weighted by Gasteiger charge is 2.46. The molecular formula is C18H37N3. The molecule has 0 radical (unpaired) electrons. The van der Waals surface area contributed by atoms with Crippen LogP contribution in [0.25, 0.3) is 0 Å². The van der Waals surface area contributed by atoms with Crippen LogP contribution in [0.15, 0.2) is 0 Å². The van der Waals surface area contributed by atoms with Crippen LogP contribution in [0.1, 0.15) is 60.8 Å². The zero-order valence-electron chi connectivity index (χ0n) is 15.2. The summed E-state index contributed by atoms with van der Waals surface area (Å²) < 4.78 is 0. The van der Waals surface area contributed by atoms with E-state index in [1.54, 1.807) is 0 Å². The standard InChI is InChI=1S/C18H37N3/c1-15-11-17(5,6)13-18(12-15,14-19)21-9-7-20(8-10-21)16(2,3)4/h15H,7-14,19H2,1-6H3. The Morgan fingerprint density at radius 1 is 1.05 bits per heavy atom. The SMILES string of the molecule is CC1CC(C)(C)CC(CN)(N2CCN(C(C)(C)C)CC2)C1. The van der Waals surface area contributed by atoms with Gasteiger partial charge in [0.05, 0.1) is 0 Å². The molecule has 2 unspecified atom stereocenters. The Balaban J connectivity index is 2.09. The summed E-state index contributed by atoms with van der Waals surface area (Å²) in [5, 5.41) is 0. The maximum Gasteiger partial charge on any atom is 0.0340 e. The zero-order chi connectivity index (χ0) is 15.9. The molecule has 0 amide bonds. The molecular weight excluding hydrogens is 258 g/mol. The molecule has 1 saturated heterocycles. The average Bonchev–Trinajstić information content (AvgIpc) is 2.35. The van der Waals surface area contributed by atoms with Gasteiger partial charge in [-0.2, -0.15) is 0 Å². The fourth-order valence-electron chi connectivity index (χ4n) is 5.08. The minimum absolute atomic E-state index is 0.241. The average molecular weight is 296 g/mol. The number of hydrogen-bond acceptors (Lipinski definition) is 3. The third kappa shape index (κ3) is 3.80. The summed E-state index contributed by atoms with van der Waals surface area (Å²) in [4.78, 5) is 5.35. The molecule has 3 nitrogen and oxygen atoms in total. The number of hydrogen-bond donors (Lipinski definition) is 1. The third-order valence-electron chi connectivity index (χ3n) is 5.72. The fourth-order valence-corrected chi connectivity index (χ4v) is 5.08. The van der Waals surface area contributed by atoms with Gasteiger partial charge in [0.1, 0.15) is 0 Å². The van der Waals surface area contributed by atoms with E-state index in [1.807, 2.05) is 0 Å². The molecule has 1 aliphatic heterocycles. The molecule has 2 rings (SSSR count). The van der Waals surface area contributed by atoms with Crippen molar-refractivity contribution in [1.29, 1.82) is 0 Å². The second-order valence-corrected chi connectivity index (χ2v) is 9.43.